The fourth-order valence-corrected chi connectivity index (χ4v) is 1.58. The van der Waals surface area contributed by atoms with Crippen LogP contribution in [-0.4, -0.2) is 35.1 Å². The smallest absolute Gasteiger partial charge is 0.221 e. The molecule has 1 amide bonds. The van der Waals surface area contributed by atoms with Crippen molar-refractivity contribution in [3.63, 3.8) is 0 Å². The summed E-state index contributed by atoms with van der Waals surface area (Å²) in [7, 11) is 0. The Hall–Kier alpha value is -1.85. The van der Waals surface area contributed by atoms with Crippen molar-refractivity contribution >= 4 is 11.7 Å². The molecule has 6 nitrogen and oxygen atoms in total. The largest absolute Gasteiger partial charge is 0.478 e. The van der Waals surface area contributed by atoms with Crippen LogP contribution in [0.4, 0.5) is 5.82 Å². The highest BCUT2D eigenvalue weighted by atomic mass is 16.5. The van der Waals surface area contributed by atoms with Crippen molar-refractivity contribution in [1.82, 2.24) is 15.3 Å². The van der Waals surface area contributed by atoms with Gasteiger partial charge < -0.3 is 15.4 Å². The molecule has 0 unspecified atom stereocenters. The first-order valence-corrected chi connectivity index (χ1v) is 6.52. The Morgan fingerprint density at radius 2 is 2.16 bits per heavy atom. The summed E-state index contributed by atoms with van der Waals surface area (Å²) in [6.45, 7) is 8.77. The lowest BCUT2D eigenvalue weighted by molar-refractivity contribution is -0.121. The summed E-state index contributed by atoms with van der Waals surface area (Å²) in [4.78, 5) is 19.7. The molecule has 0 fully saturated rings. The second-order valence-corrected chi connectivity index (χ2v) is 4.48. The van der Waals surface area contributed by atoms with Crippen LogP contribution in [0, 0.1) is 6.92 Å². The molecule has 1 heterocycles. The summed E-state index contributed by atoms with van der Waals surface area (Å²) in [5.41, 5.74) is 0.855. The summed E-state index contributed by atoms with van der Waals surface area (Å²) in [6.07, 6.45) is 1.86. The van der Waals surface area contributed by atoms with Gasteiger partial charge in [-0.2, -0.15) is 0 Å². The number of carbonyl (C=O) groups excluding carboxylic acids is 1. The van der Waals surface area contributed by atoms with Gasteiger partial charge in [0.05, 0.1) is 12.2 Å². The first kappa shape index (κ1) is 15.2. The monoisotopic (exact) mass is 266 g/mol. The average Bonchev–Trinajstić information content (AvgIpc) is 2.33. The Labute approximate surface area is 114 Å². The molecule has 0 spiro atoms. The predicted octanol–water partition coefficient (Wildman–Crippen LogP) is 1.51. The van der Waals surface area contributed by atoms with Crippen LogP contribution in [0.2, 0.25) is 0 Å². The third-order valence-corrected chi connectivity index (χ3v) is 2.41. The molecule has 0 atom stereocenters. The maximum Gasteiger partial charge on any atom is 0.221 e. The maximum absolute atomic E-state index is 11.5. The molecule has 1 rings (SSSR count). The molecule has 0 saturated carbocycles. The average molecular weight is 266 g/mol. The molecule has 0 aliphatic heterocycles. The molecule has 6 heteroatoms. The number of nitrogens with zero attached hydrogens (tertiary/aromatic N) is 2. The van der Waals surface area contributed by atoms with Crippen molar-refractivity contribution in [3.05, 3.63) is 11.9 Å². The van der Waals surface area contributed by atoms with E-state index in [1.807, 2.05) is 27.7 Å². The topological polar surface area (TPSA) is 76.1 Å². The molecule has 1 aromatic heterocycles. The fraction of sp³-hybridized carbons (Fsp3) is 0.615. The second kappa shape index (κ2) is 7.56. The van der Waals surface area contributed by atoms with Crippen LogP contribution in [0.3, 0.4) is 0 Å². The van der Waals surface area contributed by atoms with Crippen LogP contribution in [0.25, 0.3) is 0 Å². The molecule has 0 saturated heterocycles. The van der Waals surface area contributed by atoms with Crippen LogP contribution in [0.5, 0.6) is 5.88 Å². The molecule has 106 valence electrons. The third kappa shape index (κ3) is 5.11. The zero-order valence-corrected chi connectivity index (χ0v) is 12.0. The first-order chi connectivity index (χ1) is 9.04. The molecular formula is C13H22N4O2. The number of hydrogen-bond acceptors (Lipinski definition) is 5. The maximum atomic E-state index is 11.5. The fourth-order valence-electron chi connectivity index (χ4n) is 1.58. The molecule has 0 aromatic carbocycles. The molecule has 0 radical (unpaired) electrons. The van der Waals surface area contributed by atoms with E-state index < -0.39 is 0 Å². The lowest BCUT2D eigenvalue weighted by atomic mass is 10.3. The zero-order valence-electron chi connectivity index (χ0n) is 12.0. The SMILES string of the molecule is CCOc1ncnc(NCCC(=O)NC(C)C)c1C. The van der Waals surface area contributed by atoms with Gasteiger partial charge in [-0.1, -0.05) is 0 Å². The summed E-state index contributed by atoms with van der Waals surface area (Å²) in [6, 6.07) is 0.165. The van der Waals surface area contributed by atoms with Gasteiger partial charge in [-0.05, 0) is 27.7 Å². The van der Waals surface area contributed by atoms with E-state index in [-0.39, 0.29) is 11.9 Å². The van der Waals surface area contributed by atoms with E-state index in [0.29, 0.717) is 31.3 Å². The summed E-state index contributed by atoms with van der Waals surface area (Å²) in [5, 5.41) is 5.96. The van der Waals surface area contributed by atoms with Gasteiger partial charge in [0.1, 0.15) is 12.1 Å². The van der Waals surface area contributed by atoms with Gasteiger partial charge in [-0.15, -0.1) is 0 Å². The van der Waals surface area contributed by atoms with E-state index in [1.54, 1.807) is 0 Å². The van der Waals surface area contributed by atoms with E-state index in [9.17, 15) is 4.79 Å². The standard InChI is InChI=1S/C13H22N4O2/c1-5-19-13-10(4)12(15-8-16-13)14-7-6-11(18)17-9(2)3/h8-9H,5-7H2,1-4H3,(H,17,18)(H,14,15,16). The minimum Gasteiger partial charge on any atom is -0.478 e. The van der Waals surface area contributed by atoms with E-state index in [4.69, 9.17) is 4.74 Å². The number of rotatable bonds is 7. The lowest BCUT2D eigenvalue weighted by Crippen LogP contribution is -2.31. The summed E-state index contributed by atoms with van der Waals surface area (Å²) in [5.74, 6) is 1.31. The van der Waals surface area contributed by atoms with Crippen molar-refractivity contribution in [2.75, 3.05) is 18.5 Å². The van der Waals surface area contributed by atoms with Crippen LogP contribution >= 0.6 is 0 Å². The van der Waals surface area contributed by atoms with Gasteiger partial charge in [0.15, 0.2) is 0 Å². The Kier molecular flexibility index (Phi) is 6.05. The minimum atomic E-state index is 0.0271. The number of amides is 1. The van der Waals surface area contributed by atoms with Gasteiger partial charge in [-0.3, -0.25) is 4.79 Å². The number of aromatic nitrogens is 2. The molecular weight excluding hydrogens is 244 g/mol. The van der Waals surface area contributed by atoms with E-state index in [0.717, 1.165) is 5.56 Å². The van der Waals surface area contributed by atoms with Gasteiger partial charge >= 0.3 is 0 Å². The summed E-state index contributed by atoms with van der Waals surface area (Å²) >= 11 is 0. The highest BCUT2D eigenvalue weighted by Gasteiger charge is 2.08. The number of carbonyl (C=O) groups is 1. The number of hydrogen-bond donors (Lipinski definition) is 2. The molecule has 1 aromatic rings. The first-order valence-electron chi connectivity index (χ1n) is 6.52. The number of ether oxygens (including phenoxy) is 1. The molecule has 0 bridgehead atoms. The van der Waals surface area contributed by atoms with Crippen LogP contribution in [-0.2, 0) is 4.79 Å². The summed E-state index contributed by atoms with van der Waals surface area (Å²) < 4.78 is 5.39. The van der Waals surface area contributed by atoms with Crippen LogP contribution in [0.15, 0.2) is 6.33 Å². The normalized spacial score (nSPS) is 10.4. The number of nitrogens with one attached hydrogen (secondary N) is 2. The Bertz CT molecular complexity index is 421. The Morgan fingerprint density at radius 1 is 1.42 bits per heavy atom. The van der Waals surface area contributed by atoms with Crippen molar-refractivity contribution in [2.24, 2.45) is 0 Å². The van der Waals surface area contributed by atoms with Gasteiger partial charge in [0, 0.05) is 19.0 Å². The van der Waals surface area contributed by atoms with Gasteiger partial charge in [-0.25, -0.2) is 9.97 Å². The minimum absolute atomic E-state index is 0.0271. The van der Waals surface area contributed by atoms with Crippen LogP contribution < -0.4 is 15.4 Å². The molecule has 2 N–H and O–H groups in total. The van der Waals surface area contributed by atoms with Crippen LogP contribution in [0.1, 0.15) is 32.8 Å². The number of anilines is 1. The van der Waals surface area contributed by atoms with E-state index >= 15 is 0 Å². The highest BCUT2D eigenvalue weighted by Crippen LogP contribution is 2.19. The predicted molar refractivity (Wildman–Crippen MR) is 74.3 cm³/mol. The van der Waals surface area contributed by atoms with Gasteiger partial charge in [0.2, 0.25) is 11.8 Å². The second-order valence-electron chi connectivity index (χ2n) is 4.48. The van der Waals surface area contributed by atoms with E-state index in [1.165, 1.54) is 6.33 Å². The van der Waals surface area contributed by atoms with E-state index in [2.05, 4.69) is 20.6 Å². The Morgan fingerprint density at radius 3 is 2.79 bits per heavy atom. The molecule has 19 heavy (non-hydrogen) atoms. The molecule has 0 aliphatic rings. The van der Waals surface area contributed by atoms with Gasteiger partial charge in [0.25, 0.3) is 0 Å². The highest BCUT2D eigenvalue weighted by molar-refractivity contribution is 5.76. The van der Waals surface area contributed by atoms with Crippen molar-refractivity contribution in [3.8, 4) is 5.88 Å². The van der Waals surface area contributed by atoms with Crippen molar-refractivity contribution in [2.45, 2.75) is 40.2 Å². The quantitative estimate of drug-likeness (QED) is 0.782. The lowest BCUT2D eigenvalue weighted by Gasteiger charge is -2.12. The third-order valence-electron chi connectivity index (χ3n) is 2.41. The van der Waals surface area contributed by atoms with Crippen molar-refractivity contribution in [1.29, 1.82) is 0 Å². The van der Waals surface area contributed by atoms with Crippen molar-refractivity contribution < 1.29 is 9.53 Å². The Balaban J connectivity index is 2.49. The zero-order chi connectivity index (χ0) is 14.3. The molecule has 0 aliphatic carbocycles.